The first kappa shape index (κ1) is 20.8. The van der Waals surface area contributed by atoms with Crippen LogP contribution in [-0.4, -0.2) is 5.91 Å². The molecule has 0 saturated heterocycles. The van der Waals surface area contributed by atoms with Gasteiger partial charge in [0.25, 0.3) is 11.7 Å². The Morgan fingerprint density at radius 1 is 0.935 bits per heavy atom. The Hall–Kier alpha value is -3.44. The molecule has 1 atom stereocenters. The van der Waals surface area contributed by atoms with Crippen molar-refractivity contribution in [3.63, 3.8) is 0 Å². The predicted molar refractivity (Wildman–Crippen MR) is 128 cm³/mol. The van der Waals surface area contributed by atoms with Gasteiger partial charge >= 0.3 is 0 Å². The van der Waals surface area contributed by atoms with Gasteiger partial charge in [0, 0.05) is 27.6 Å². The fourth-order valence-electron chi connectivity index (χ4n) is 3.64. The molecular formula is C26H26N3OS+. The molecule has 0 spiro atoms. The number of aryl methyl sites for hydroxylation is 2. The van der Waals surface area contributed by atoms with Crippen LogP contribution in [-0.2, 0) is 0 Å². The molecule has 4 aromatic rings. The van der Waals surface area contributed by atoms with Crippen LogP contribution in [0.4, 0.5) is 10.8 Å². The van der Waals surface area contributed by atoms with Crippen molar-refractivity contribution < 1.29 is 9.78 Å². The Morgan fingerprint density at radius 3 is 2.29 bits per heavy atom. The monoisotopic (exact) mass is 428 g/mol. The quantitative estimate of drug-likeness (QED) is 0.399. The first-order valence-electron chi connectivity index (χ1n) is 10.3. The Kier molecular flexibility index (Phi) is 6.14. The SMILES string of the molecule is Cc1cc[nH+]c(N[C@H](c2ccccc2)c2c(NC(=O)c3ccccc3)sc(C)c2C)c1. The van der Waals surface area contributed by atoms with Crippen LogP contribution in [0.25, 0.3) is 0 Å². The number of anilines is 2. The minimum absolute atomic E-state index is 0.1000. The zero-order valence-electron chi connectivity index (χ0n) is 17.9. The van der Waals surface area contributed by atoms with Gasteiger partial charge in [-0.3, -0.25) is 10.1 Å². The van der Waals surface area contributed by atoms with E-state index in [-0.39, 0.29) is 11.9 Å². The molecule has 1 amide bonds. The van der Waals surface area contributed by atoms with Crippen LogP contribution in [0, 0.1) is 20.8 Å². The highest BCUT2D eigenvalue weighted by molar-refractivity contribution is 7.16. The molecule has 0 aliphatic carbocycles. The number of benzene rings is 2. The molecule has 3 N–H and O–H groups in total. The zero-order chi connectivity index (χ0) is 21.8. The summed E-state index contributed by atoms with van der Waals surface area (Å²) in [5.41, 5.74) is 5.22. The average Bonchev–Trinajstić information content (AvgIpc) is 3.06. The number of aromatic nitrogens is 1. The van der Waals surface area contributed by atoms with E-state index in [1.54, 1.807) is 11.3 Å². The summed E-state index contributed by atoms with van der Waals surface area (Å²) in [6, 6.07) is 23.7. The summed E-state index contributed by atoms with van der Waals surface area (Å²) in [5.74, 6) is 0.828. The average molecular weight is 429 g/mol. The summed E-state index contributed by atoms with van der Waals surface area (Å²) in [7, 11) is 0. The maximum atomic E-state index is 12.9. The van der Waals surface area contributed by atoms with Crippen molar-refractivity contribution in [3.05, 3.63) is 112 Å². The van der Waals surface area contributed by atoms with Crippen LogP contribution in [0.15, 0.2) is 79.0 Å². The number of carbonyl (C=O) groups is 1. The number of rotatable bonds is 6. The summed E-state index contributed by atoms with van der Waals surface area (Å²) >= 11 is 1.62. The highest BCUT2D eigenvalue weighted by Crippen LogP contribution is 2.40. The van der Waals surface area contributed by atoms with Gasteiger partial charge in [-0.1, -0.05) is 48.5 Å². The molecule has 0 aliphatic rings. The highest BCUT2D eigenvalue weighted by atomic mass is 32.1. The van der Waals surface area contributed by atoms with E-state index in [1.165, 1.54) is 16.0 Å². The minimum atomic E-state index is -0.115. The molecular weight excluding hydrogens is 402 g/mol. The number of H-pyrrole nitrogens is 1. The highest BCUT2D eigenvalue weighted by Gasteiger charge is 2.28. The number of thiophene rings is 1. The lowest BCUT2D eigenvalue weighted by Gasteiger charge is -2.18. The van der Waals surface area contributed by atoms with Crippen LogP contribution in [0.1, 0.15) is 43.5 Å². The topological polar surface area (TPSA) is 55.3 Å². The Morgan fingerprint density at radius 2 is 1.61 bits per heavy atom. The molecule has 0 unspecified atom stereocenters. The maximum absolute atomic E-state index is 12.9. The summed E-state index contributed by atoms with van der Waals surface area (Å²) in [6.07, 6.45) is 1.93. The lowest BCUT2D eigenvalue weighted by atomic mass is 9.96. The van der Waals surface area contributed by atoms with E-state index < -0.39 is 0 Å². The molecule has 0 aliphatic heterocycles. The van der Waals surface area contributed by atoms with Gasteiger partial charge in [-0.25, -0.2) is 4.98 Å². The standard InChI is InChI=1S/C26H25N3OS/c1-17-14-15-27-22(16-17)28-24(20-10-6-4-7-11-20)23-18(2)19(3)31-26(23)29-25(30)21-12-8-5-9-13-21/h4-16,24H,1-3H3,(H,27,28)(H,29,30)/p+1/t24-/m1/s1. The minimum Gasteiger partial charge on any atom is -0.313 e. The van der Waals surface area contributed by atoms with Crippen LogP contribution in [0.3, 0.4) is 0 Å². The molecule has 0 bridgehead atoms. The Labute approximate surface area is 187 Å². The van der Waals surface area contributed by atoms with Crippen molar-refractivity contribution in [1.82, 2.24) is 0 Å². The third-order valence-electron chi connectivity index (χ3n) is 5.37. The third-order valence-corrected chi connectivity index (χ3v) is 6.51. The number of pyridine rings is 1. The summed E-state index contributed by atoms with van der Waals surface area (Å²) in [4.78, 5) is 17.4. The van der Waals surface area contributed by atoms with E-state index in [0.29, 0.717) is 5.56 Å². The van der Waals surface area contributed by atoms with Gasteiger partial charge in [-0.2, -0.15) is 0 Å². The van der Waals surface area contributed by atoms with E-state index in [2.05, 4.69) is 54.6 Å². The number of amides is 1. The van der Waals surface area contributed by atoms with Gasteiger partial charge in [-0.05, 0) is 50.1 Å². The molecule has 0 saturated carbocycles. The Bertz CT molecular complexity index is 1190. The van der Waals surface area contributed by atoms with Gasteiger partial charge in [0.2, 0.25) is 0 Å². The van der Waals surface area contributed by atoms with Crippen molar-refractivity contribution in [2.45, 2.75) is 26.8 Å². The molecule has 0 fully saturated rings. The van der Waals surface area contributed by atoms with Crippen molar-refractivity contribution in [2.24, 2.45) is 0 Å². The number of nitrogens with one attached hydrogen (secondary N) is 3. The predicted octanol–water partition coefficient (Wildman–Crippen LogP) is 5.94. The van der Waals surface area contributed by atoms with Crippen LogP contribution in [0.5, 0.6) is 0 Å². The smallest absolute Gasteiger partial charge is 0.273 e. The Balaban J connectivity index is 1.76. The molecule has 156 valence electrons. The first-order chi connectivity index (χ1) is 15.0. The van der Waals surface area contributed by atoms with Crippen LogP contribution >= 0.6 is 11.3 Å². The summed E-state index contributed by atoms with van der Waals surface area (Å²) in [6.45, 7) is 6.29. The van der Waals surface area contributed by atoms with Crippen LogP contribution in [0.2, 0.25) is 0 Å². The third kappa shape index (κ3) is 4.67. The van der Waals surface area contributed by atoms with E-state index >= 15 is 0 Å². The van der Waals surface area contributed by atoms with Gasteiger partial charge in [0.1, 0.15) is 11.0 Å². The first-order valence-corrected chi connectivity index (χ1v) is 11.1. The fourth-order valence-corrected chi connectivity index (χ4v) is 4.73. The van der Waals surface area contributed by atoms with E-state index in [0.717, 1.165) is 21.9 Å². The molecule has 5 heteroatoms. The van der Waals surface area contributed by atoms with Crippen molar-refractivity contribution in [2.75, 3.05) is 10.6 Å². The lowest BCUT2D eigenvalue weighted by molar-refractivity contribution is -0.361. The molecule has 4 rings (SSSR count). The second-order valence-corrected chi connectivity index (χ2v) is 8.84. The van der Waals surface area contributed by atoms with Crippen molar-refractivity contribution in [3.8, 4) is 0 Å². The van der Waals surface area contributed by atoms with Gasteiger partial charge in [0.15, 0.2) is 0 Å². The van der Waals surface area contributed by atoms with Crippen molar-refractivity contribution in [1.29, 1.82) is 0 Å². The largest absolute Gasteiger partial charge is 0.313 e. The second-order valence-electron chi connectivity index (χ2n) is 7.61. The van der Waals surface area contributed by atoms with Gasteiger partial charge in [0.05, 0.1) is 6.20 Å². The fraction of sp³-hybridized carbons (Fsp3) is 0.154. The summed E-state index contributed by atoms with van der Waals surface area (Å²) < 4.78 is 0. The number of hydrogen-bond donors (Lipinski definition) is 2. The molecule has 0 radical (unpaired) electrons. The number of aromatic amines is 1. The zero-order valence-corrected chi connectivity index (χ0v) is 18.7. The van der Waals surface area contributed by atoms with E-state index in [1.807, 2.05) is 60.8 Å². The number of hydrogen-bond acceptors (Lipinski definition) is 3. The molecule has 2 aromatic carbocycles. The van der Waals surface area contributed by atoms with Crippen molar-refractivity contribution >= 4 is 28.1 Å². The van der Waals surface area contributed by atoms with Gasteiger partial charge in [-0.15, -0.1) is 11.3 Å². The van der Waals surface area contributed by atoms with E-state index in [9.17, 15) is 4.79 Å². The summed E-state index contributed by atoms with van der Waals surface area (Å²) in [5, 5.41) is 7.70. The molecule has 31 heavy (non-hydrogen) atoms. The molecule has 2 aromatic heterocycles. The van der Waals surface area contributed by atoms with E-state index in [4.69, 9.17) is 0 Å². The normalized spacial score (nSPS) is 11.7. The maximum Gasteiger partial charge on any atom is 0.273 e. The lowest BCUT2D eigenvalue weighted by Crippen LogP contribution is -2.21. The van der Waals surface area contributed by atoms with Crippen LogP contribution < -0.4 is 15.6 Å². The molecule has 4 nitrogen and oxygen atoms in total. The van der Waals surface area contributed by atoms with Gasteiger partial charge < -0.3 is 5.32 Å². The number of carbonyl (C=O) groups excluding carboxylic acids is 1. The molecule has 2 heterocycles. The second kappa shape index (κ2) is 9.14.